The normalized spacial score (nSPS) is 12.7. The van der Waals surface area contributed by atoms with Crippen molar-refractivity contribution in [3.05, 3.63) is 70.3 Å². The van der Waals surface area contributed by atoms with Crippen LogP contribution in [0.2, 0.25) is 0 Å². The van der Waals surface area contributed by atoms with E-state index in [0.717, 1.165) is 29.4 Å². The summed E-state index contributed by atoms with van der Waals surface area (Å²) >= 11 is 0. The first kappa shape index (κ1) is 16.8. The molecule has 0 atom stereocenters. The Hall–Kier alpha value is -3.61. The number of anilines is 1. The minimum absolute atomic E-state index is 0.0802. The maximum absolute atomic E-state index is 12.2. The molecule has 3 aromatic rings. The molecule has 0 N–H and O–H groups in total. The average molecular weight is 364 g/mol. The number of nitrogens with zero attached hydrogens (tertiary/aromatic N) is 2. The molecule has 3 aromatic carbocycles. The summed E-state index contributed by atoms with van der Waals surface area (Å²) in [4.78, 5) is 24.5. The molecule has 7 nitrogen and oxygen atoms in total. The van der Waals surface area contributed by atoms with Crippen LogP contribution in [0, 0.1) is 10.1 Å². The average Bonchev–Trinajstić information content (AvgIpc) is 3.03. The van der Waals surface area contributed by atoms with Gasteiger partial charge in [-0.25, -0.2) is 4.79 Å². The van der Waals surface area contributed by atoms with Crippen molar-refractivity contribution >= 4 is 28.3 Å². The van der Waals surface area contributed by atoms with Gasteiger partial charge in [0, 0.05) is 42.9 Å². The van der Waals surface area contributed by atoms with Gasteiger partial charge in [0.05, 0.1) is 4.92 Å². The summed E-state index contributed by atoms with van der Waals surface area (Å²) in [7, 11) is 2.00. The highest BCUT2D eigenvalue weighted by Crippen LogP contribution is 2.39. The summed E-state index contributed by atoms with van der Waals surface area (Å²) in [6.45, 7) is 0.913. The maximum Gasteiger partial charge on any atom is 0.519 e. The van der Waals surface area contributed by atoms with Crippen molar-refractivity contribution in [3.63, 3.8) is 0 Å². The van der Waals surface area contributed by atoms with Crippen molar-refractivity contribution < 1.29 is 19.2 Å². The number of nitro groups is 1. The molecule has 7 heteroatoms. The smallest absolute Gasteiger partial charge is 0.395 e. The summed E-state index contributed by atoms with van der Waals surface area (Å²) < 4.78 is 10.6. The van der Waals surface area contributed by atoms with E-state index >= 15 is 0 Å². The number of likely N-dealkylation sites (N-methyl/N-ethyl adjacent to an activating group) is 1. The van der Waals surface area contributed by atoms with Crippen LogP contribution in [0.3, 0.4) is 0 Å². The van der Waals surface area contributed by atoms with E-state index in [9.17, 15) is 14.9 Å². The molecule has 0 bridgehead atoms. The zero-order valence-corrected chi connectivity index (χ0v) is 14.5. The Kier molecular flexibility index (Phi) is 4.12. The fraction of sp³-hybridized carbons (Fsp3) is 0.150. The summed E-state index contributed by atoms with van der Waals surface area (Å²) in [5.74, 6) is 0.596. The molecule has 0 amide bonds. The van der Waals surface area contributed by atoms with E-state index in [1.165, 1.54) is 29.8 Å². The van der Waals surface area contributed by atoms with Gasteiger partial charge in [-0.1, -0.05) is 24.3 Å². The van der Waals surface area contributed by atoms with Crippen LogP contribution in [0.5, 0.6) is 11.5 Å². The van der Waals surface area contributed by atoms with Crippen LogP contribution in [-0.2, 0) is 6.42 Å². The molecule has 0 unspecified atom stereocenters. The Labute approximate surface area is 154 Å². The van der Waals surface area contributed by atoms with Crippen molar-refractivity contribution in [2.45, 2.75) is 6.42 Å². The lowest BCUT2D eigenvalue weighted by Gasteiger charge is -2.15. The molecule has 0 saturated carbocycles. The van der Waals surface area contributed by atoms with Crippen LogP contribution in [-0.4, -0.2) is 24.7 Å². The van der Waals surface area contributed by atoms with Crippen molar-refractivity contribution in [2.24, 2.45) is 0 Å². The van der Waals surface area contributed by atoms with Gasteiger partial charge in [0.15, 0.2) is 0 Å². The maximum atomic E-state index is 12.2. The lowest BCUT2D eigenvalue weighted by Crippen LogP contribution is -2.15. The molecule has 0 fully saturated rings. The first-order valence-corrected chi connectivity index (χ1v) is 8.43. The third-order valence-electron chi connectivity index (χ3n) is 4.65. The van der Waals surface area contributed by atoms with E-state index in [0.29, 0.717) is 5.75 Å². The second-order valence-electron chi connectivity index (χ2n) is 6.29. The molecule has 1 aliphatic heterocycles. The SMILES string of the molecule is CN1CCc2c1cc(OC(=O)Oc1ccc([N+](=O)[O-])cc1)c1ccccc21. The predicted molar refractivity (Wildman–Crippen MR) is 101 cm³/mol. The highest BCUT2D eigenvalue weighted by Gasteiger charge is 2.22. The fourth-order valence-corrected chi connectivity index (χ4v) is 3.32. The van der Waals surface area contributed by atoms with Gasteiger partial charge >= 0.3 is 6.16 Å². The topological polar surface area (TPSA) is 81.9 Å². The van der Waals surface area contributed by atoms with E-state index in [2.05, 4.69) is 4.90 Å². The number of rotatable bonds is 3. The zero-order valence-electron chi connectivity index (χ0n) is 14.5. The number of hydrogen-bond acceptors (Lipinski definition) is 6. The standard InChI is InChI=1S/C20H16N2O5/c1-21-11-10-16-15-4-2-3-5-17(15)19(12-18(16)21)27-20(23)26-14-8-6-13(7-9-14)22(24)25/h2-9,12H,10-11H2,1H3. The second-order valence-corrected chi connectivity index (χ2v) is 6.29. The van der Waals surface area contributed by atoms with Gasteiger partial charge in [0.2, 0.25) is 0 Å². The van der Waals surface area contributed by atoms with Gasteiger partial charge in [0.25, 0.3) is 5.69 Å². The third-order valence-corrected chi connectivity index (χ3v) is 4.65. The van der Waals surface area contributed by atoms with Gasteiger partial charge in [0.1, 0.15) is 11.5 Å². The van der Waals surface area contributed by atoms with Gasteiger partial charge in [-0.05, 0) is 29.5 Å². The van der Waals surface area contributed by atoms with Crippen LogP contribution in [0.4, 0.5) is 16.2 Å². The molecular weight excluding hydrogens is 348 g/mol. The minimum atomic E-state index is -0.894. The van der Waals surface area contributed by atoms with Crippen LogP contribution in [0.1, 0.15) is 5.56 Å². The monoisotopic (exact) mass is 364 g/mol. The molecule has 0 aromatic heterocycles. The van der Waals surface area contributed by atoms with Crippen LogP contribution in [0.15, 0.2) is 54.6 Å². The lowest BCUT2D eigenvalue weighted by molar-refractivity contribution is -0.384. The number of non-ortho nitro benzene ring substituents is 1. The van der Waals surface area contributed by atoms with Crippen LogP contribution < -0.4 is 14.4 Å². The van der Waals surface area contributed by atoms with Crippen LogP contribution >= 0.6 is 0 Å². The summed E-state index contributed by atoms with van der Waals surface area (Å²) in [5, 5.41) is 12.6. The lowest BCUT2D eigenvalue weighted by atomic mass is 10.0. The number of fused-ring (bicyclic) bond motifs is 3. The molecule has 1 aliphatic rings. The van der Waals surface area contributed by atoms with E-state index < -0.39 is 11.1 Å². The van der Waals surface area contributed by atoms with E-state index in [1.807, 2.05) is 37.4 Å². The molecule has 4 rings (SSSR count). The zero-order chi connectivity index (χ0) is 19.0. The van der Waals surface area contributed by atoms with Gasteiger partial charge in [-0.15, -0.1) is 0 Å². The number of hydrogen-bond donors (Lipinski definition) is 0. The molecule has 0 saturated heterocycles. The van der Waals surface area contributed by atoms with Crippen molar-refractivity contribution in [2.75, 3.05) is 18.5 Å². The molecule has 0 radical (unpaired) electrons. The first-order valence-electron chi connectivity index (χ1n) is 8.43. The molecule has 0 aliphatic carbocycles. The van der Waals surface area contributed by atoms with Crippen molar-refractivity contribution in [1.82, 2.24) is 0 Å². The van der Waals surface area contributed by atoms with Gasteiger partial charge in [-0.2, -0.15) is 0 Å². The molecule has 27 heavy (non-hydrogen) atoms. The number of carbonyl (C=O) groups excluding carboxylic acids is 1. The van der Waals surface area contributed by atoms with Gasteiger partial charge < -0.3 is 14.4 Å². The largest absolute Gasteiger partial charge is 0.519 e. The summed E-state index contributed by atoms with van der Waals surface area (Å²) in [6.07, 6.45) is 0.0504. The number of ether oxygens (including phenoxy) is 2. The number of carbonyl (C=O) groups is 1. The summed E-state index contributed by atoms with van der Waals surface area (Å²) in [5.41, 5.74) is 2.19. The molecule has 1 heterocycles. The third kappa shape index (κ3) is 3.15. The fourth-order valence-electron chi connectivity index (χ4n) is 3.32. The molecular formula is C20H16N2O5. The Bertz CT molecular complexity index is 1050. The predicted octanol–water partition coefficient (Wildman–Crippen LogP) is 4.32. The number of nitro benzene ring substituents is 1. The Balaban J connectivity index is 1.60. The Morgan fingerprint density at radius 1 is 1.07 bits per heavy atom. The highest BCUT2D eigenvalue weighted by molar-refractivity contribution is 5.97. The molecule has 0 spiro atoms. The Morgan fingerprint density at radius 2 is 1.78 bits per heavy atom. The summed E-state index contributed by atoms with van der Waals surface area (Å²) in [6, 6.07) is 14.9. The Morgan fingerprint density at radius 3 is 2.48 bits per heavy atom. The molecule has 136 valence electrons. The van der Waals surface area contributed by atoms with Crippen molar-refractivity contribution in [1.29, 1.82) is 0 Å². The van der Waals surface area contributed by atoms with E-state index in [4.69, 9.17) is 9.47 Å². The highest BCUT2D eigenvalue weighted by atomic mass is 16.7. The second kappa shape index (κ2) is 6.60. The first-order chi connectivity index (χ1) is 13.0. The van der Waals surface area contributed by atoms with Gasteiger partial charge in [-0.3, -0.25) is 10.1 Å². The minimum Gasteiger partial charge on any atom is -0.395 e. The van der Waals surface area contributed by atoms with E-state index in [-0.39, 0.29) is 11.4 Å². The van der Waals surface area contributed by atoms with Crippen LogP contribution in [0.25, 0.3) is 10.8 Å². The quantitative estimate of drug-likeness (QED) is 0.298. The van der Waals surface area contributed by atoms with Crippen molar-refractivity contribution in [3.8, 4) is 11.5 Å². The number of benzene rings is 3. The van der Waals surface area contributed by atoms with E-state index in [1.54, 1.807) is 0 Å².